The molecule has 0 aliphatic heterocycles. The zero-order valence-corrected chi connectivity index (χ0v) is 12.1. The first-order valence-corrected chi connectivity index (χ1v) is 6.38. The summed E-state index contributed by atoms with van der Waals surface area (Å²) < 4.78 is 32.0. The monoisotopic (exact) mass is 357 g/mol. The summed E-state index contributed by atoms with van der Waals surface area (Å²) in [5.41, 5.74) is 5.02. The molecule has 3 N–H and O–H groups in total. The van der Waals surface area contributed by atoms with Gasteiger partial charge in [0.25, 0.3) is 0 Å². The van der Waals surface area contributed by atoms with Gasteiger partial charge in [0.2, 0.25) is 0 Å². The Morgan fingerprint density at radius 2 is 2.21 bits per heavy atom. The maximum absolute atomic E-state index is 13.8. The Kier molecular flexibility index (Phi) is 5.11. The highest BCUT2D eigenvalue weighted by Crippen LogP contribution is 2.42. The first-order valence-electron chi connectivity index (χ1n) is 5.20. The Morgan fingerprint density at radius 1 is 1.63 bits per heavy atom. The number of alkyl halides is 2. The average molecular weight is 359 g/mol. The van der Waals surface area contributed by atoms with Crippen LogP contribution in [0.4, 0.5) is 8.78 Å². The first-order chi connectivity index (χ1) is 8.73. The van der Waals surface area contributed by atoms with Crippen LogP contribution in [0.2, 0.25) is 5.02 Å². The fraction of sp³-hybridized carbons (Fsp3) is 0.364. The minimum Gasteiger partial charge on any atom is -0.506 e. The molecular formula is C11H11BrClF2NO3. The molecule has 0 amide bonds. The molecule has 1 rings (SSSR count). The average Bonchev–Trinajstić information content (AvgIpc) is 2.34. The molecule has 0 aliphatic carbocycles. The van der Waals surface area contributed by atoms with Crippen molar-refractivity contribution in [2.75, 3.05) is 6.61 Å². The van der Waals surface area contributed by atoms with E-state index in [0.717, 1.165) is 0 Å². The third-order valence-corrected chi connectivity index (χ3v) is 3.36. The standard InChI is InChI=1S/C11H11BrClF2NO3/c1-2-19-10(18)11(14,15)9(16)7-5(12)3-4-6(13)8(7)17/h3-4,9,17H,2,16H2,1H3/t9-/m0/s1. The normalized spacial score (nSPS) is 13.2. The van der Waals surface area contributed by atoms with Crippen molar-refractivity contribution in [2.45, 2.75) is 18.9 Å². The zero-order valence-electron chi connectivity index (χ0n) is 9.79. The molecule has 1 aromatic rings. The topological polar surface area (TPSA) is 72.5 Å². The van der Waals surface area contributed by atoms with Crippen molar-refractivity contribution < 1.29 is 23.4 Å². The number of ether oxygens (including phenoxy) is 1. The predicted molar refractivity (Wildman–Crippen MR) is 69.3 cm³/mol. The summed E-state index contributed by atoms with van der Waals surface area (Å²) in [4.78, 5) is 11.2. The maximum atomic E-state index is 13.8. The van der Waals surface area contributed by atoms with Crippen LogP contribution in [-0.2, 0) is 9.53 Å². The van der Waals surface area contributed by atoms with Crippen molar-refractivity contribution in [3.63, 3.8) is 0 Å². The second-order valence-electron chi connectivity index (χ2n) is 3.61. The largest absolute Gasteiger partial charge is 0.506 e. The number of hydrogen-bond donors (Lipinski definition) is 2. The van der Waals surface area contributed by atoms with Gasteiger partial charge in [-0.05, 0) is 19.1 Å². The van der Waals surface area contributed by atoms with Gasteiger partial charge in [0.1, 0.15) is 11.8 Å². The molecule has 0 saturated heterocycles. The van der Waals surface area contributed by atoms with Gasteiger partial charge in [-0.15, -0.1) is 0 Å². The second kappa shape index (κ2) is 6.02. The highest BCUT2D eigenvalue weighted by atomic mass is 79.9. The lowest BCUT2D eigenvalue weighted by atomic mass is 10.0. The summed E-state index contributed by atoms with van der Waals surface area (Å²) in [5, 5.41) is 9.55. The number of halogens is 4. The van der Waals surface area contributed by atoms with Crippen LogP contribution in [0.3, 0.4) is 0 Å². The fourth-order valence-electron chi connectivity index (χ4n) is 1.39. The van der Waals surface area contributed by atoms with Gasteiger partial charge in [-0.2, -0.15) is 8.78 Å². The molecule has 0 fully saturated rings. The van der Waals surface area contributed by atoms with E-state index in [0.29, 0.717) is 0 Å². The van der Waals surface area contributed by atoms with Crippen molar-refractivity contribution in [2.24, 2.45) is 5.73 Å². The summed E-state index contributed by atoms with van der Waals surface area (Å²) in [6.45, 7) is 1.19. The zero-order chi connectivity index (χ0) is 14.8. The molecule has 1 aromatic carbocycles. The number of carbonyl (C=O) groups is 1. The molecule has 19 heavy (non-hydrogen) atoms. The third kappa shape index (κ3) is 3.16. The van der Waals surface area contributed by atoms with Crippen LogP contribution in [0, 0.1) is 0 Å². The lowest BCUT2D eigenvalue weighted by molar-refractivity contribution is -0.174. The Morgan fingerprint density at radius 3 is 2.74 bits per heavy atom. The van der Waals surface area contributed by atoms with Crippen LogP contribution < -0.4 is 5.73 Å². The van der Waals surface area contributed by atoms with Gasteiger partial charge in [0, 0.05) is 10.0 Å². The molecule has 8 heteroatoms. The van der Waals surface area contributed by atoms with Crippen molar-refractivity contribution in [3.8, 4) is 5.75 Å². The van der Waals surface area contributed by atoms with Gasteiger partial charge >= 0.3 is 11.9 Å². The number of rotatable bonds is 4. The fourth-order valence-corrected chi connectivity index (χ4v) is 2.12. The molecule has 0 saturated carbocycles. The number of nitrogens with two attached hydrogens (primary N) is 1. The minimum atomic E-state index is -3.99. The summed E-state index contributed by atoms with van der Waals surface area (Å²) >= 11 is 8.61. The third-order valence-electron chi connectivity index (χ3n) is 2.36. The molecule has 4 nitrogen and oxygen atoms in total. The lowest BCUT2D eigenvalue weighted by Crippen LogP contribution is -2.42. The van der Waals surface area contributed by atoms with Crippen LogP contribution in [0.25, 0.3) is 0 Å². The van der Waals surface area contributed by atoms with Gasteiger partial charge in [-0.25, -0.2) is 4.79 Å². The van der Waals surface area contributed by atoms with E-state index in [1.807, 2.05) is 0 Å². The molecule has 0 radical (unpaired) electrons. The Labute approximate surface area is 121 Å². The number of phenolic OH excluding ortho intramolecular Hbond substituents is 1. The highest BCUT2D eigenvalue weighted by molar-refractivity contribution is 9.10. The van der Waals surface area contributed by atoms with Crippen LogP contribution in [0.15, 0.2) is 16.6 Å². The SMILES string of the molecule is CCOC(=O)C(F)(F)[C@@H](N)c1c(Br)ccc(Cl)c1O. The summed E-state index contributed by atoms with van der Waals surface area (Å²) in [6.07, 6.45) is 0. The molecule has 0 bridgehead atoms. The molecule has 0 spiro atoms. The van der Waals surface area contributed by atoms with E-state index in [4.69, 9.17) is 17.3 Å². The highest BCUT2D eigenvalue weighted by Gasteiger charge is 2.49. The van der Waals surface area contributed by atoms with Crippen LogP contribution in [0.1, 0.15) is 18.5 Å². The van der Waals surface area contributed by atoms with E-state index in [2.05, 4.69) is 20.7 Å². The molecule has 0 aromatic heterocycles. The summed E-state index contributed by atoms with van der Waals surface area (Å²) in [7, 11) is 0. The van der Waals surface area contributed by atoms with Crippen molar-refractivity contribution in [1.82, 2.24) is 0 Å². The van der Waals surface area contributed by atoms with Crippen molar-refractivity contribution in [3.05, 3.63) is 27.2 Å². The smallest absolute Gasteiger partial charge is 0.379 e. The van der Waals surface area contributed by atoms with Crippen LogP contribution in [-0.4, -0.2) is 23.6 Å². The lowest BCUT2D eigenvalue weighted by Gasteiger charge is -2.23. The second-order valence-corrected chi connectivity index (χ2v) is 4.87. The molecule has 0 unspecified atom stereocenters. The molecule has 106 valence electrons. The summed E-state index contributed by atoms with van der Waals surface area (Å²) in [5.74, 6) is -6.35. The number of aromatic hydroxyl groups is 1. The summed E-state index contributed by atoms with van der Waals surface area (Å²) in [6, 6.07) is 0.567. The van der Waals surface area contributed by atoms with E-state index in [1.165, 1.54) is 19.1 Å². The molecule has 0 aliphatic rings. The number of carbonyl (C=O) groups excluding carboxylic acids is 1. The van der Waals surface area contributed by atoms with Gasteiger partial charge < -0.3 is 15.6 Å². The Balaban J connectivity index is 3.23. The van der Waals surface area contributed by atoms with Gasteiger partial charge in [-0.1, -0.05) is 27.5 Å². The Hall–Kier alpha value is -0.920. The maximum Gasteiger partial charge on any atom is 0.379 e. The predicted octanol–water partition coefficient (Wildman–Crippen LogP) is 3.01. The van der Waals surface area contributed by atoms with E-state index in [1.54, 1.807) is 0 Å². The van der Waals surface area contributed by atoms with Crippen LogP contribution >= 0.6 is 27.5 Å². The van der Waals surface area contributed by atoms with Gasteiger partial charge in [0.15, 0.2) is 0 Å². The van der Waals surface area contributed by atoms with Crippen molar-refractivity contribution >= 4 is 33.5 Å². The minimum absolute atomic E-state index is 0.117. The van der Waals surface area contributed by atoms with Gasteiger partial charge in [-0.3, -0.25) is 0 Å². The first kappa shape index (κ1) is 16.1. The number of benzene rings is 1. The Bertz CT molecular complexity index is 499. The molecule has 0 heterocycles. The molecular weight excluding hydrogens is 347 g/mol. The van der Waals surface area contributed by atoms with E-state index in [9.17, 15) is 18.7 Å². The van der Waals surface area contributed by atoms with Gasteiger partial charge in [0.05, 0.1) is 11.6 Å². The van der Waals surface area contributed by atoms with Crippen LogP contribution in [0.5, 0.6) is 5.75 Å². The van der Waals surface area contributed by atoms with Crippen molar-refractivity contribution in [1.29, 1.82) is 0 Å². The van der Waals surface area contributed by atoms with E-state index < -0.39 is 23.7 Å². The molecule has 1 atom stereocenters. The number of esters is 1. The number of phenols is 1. The van der Waals surface area contributed by atoms with E-state index >= 15 is 0 Å². The quantitative estimate of drug-likeness (QED) is 0.812. The van der Waals surface area contributed by atoms with E-state index in [-0.39, 0.29) is 21.7 Å². The number of hydrogen-bond acceptors (Lipinski definition) is 4.